The van der Waals surface area contributed by atoms with Crippen molar-refractivity contribution in [2.75, 3.05) is 0 Å². The maximum absolute atomic E-state index is 2.40. The number of benzene rings is 12. The normalized spacial score (nSPS) is 13.1. The van der Waals surface area contributed by atoms with Gasteiger partial charge in [0.25, 0.3) is 0 Å². The van der Waals surface area contributed by atoms with Gasteiger partial charge >= 0.3 is 0 Å². The van der Waals surface area contributed by atoms with Crippen molar-refractivity contribution in [3.05, 3.63) is 287 Å². The molecule has 0 N–H and O–H groups in total. The summed E-state index contributed by atoms with van der Waals surface area (Å²) in [5.41, 5.74) is 24.7. The molecule has 15 rings (SSSR count). The van der Waals surface area contributed by atoms with E-state index >= 15 is 0 Å². The number of para-hydroxylation sites is 2. The molecular formula is C77H56N2. The van der Waals surface area contributed by atoms with Gasteiger partial charge in [-0.3, -0.25) is 0 Å². The highest BCUT2D eigenvalue weighted by atomic mass is 15.0. The summed E-state index contributed by atoms with van der Waals surface area (Å²) in [4.78, 5) is 0. The van der Waals surface area contributed by atoms with Gasteiger partial charge < -0.3 is 9.13 Å². The lowest BCUT2D eigenvalue weighted by atomic mass is 9.81. The molecule has 0 spiro atoms. The molecule has 0 saturated heterocycles. The third kappa shape index (κ3) is 7.94. The molecule has 12 aromatic carbocycles. The molecule has 0 atom stereocenters. The largest absolute Gasteiger partial charge is 0.309 e. The smallest absolute Gasteiger partial charge is 0.0541 e. The van der Waals surface area contributed by atoms with Crippen LogP contribution in [0.2, 0.25) is 0 Å². The zero-order valence-electron chi connectivity index (χ0n) is 44.8. The van der Waals surface area contributed by atoms with Crippen LogP contribution >= 0.6 is 0 Å². The van der Waals surface area contributed by atoms with Gasteiger partial charge in [-0.1, -0.05) is 207 Å². The molecule has 0 fully saturated rings. The Bertz CT molecular complexity index is 4550. The van der Waals surface area contributed by atoms with Crippen LogP contribution in [0.25, 0.3) is 134 Å². The van der Waals surface area contributed by atoms with Crippen LogP contribution in [-0.2, 0) is 5.41 Å². The second-order valence-electron chi connectivity index (χ2n) is 22.4. The van der Waals surface area contributed by atoms with Crippen molar-refractivity contribution < 1.29 is 0 Å². The molecule has 2 heteroatoms. The predicted molar refractivity (Wildman–Crippen MR) is 339 cm³/mol. The second-order valence-corrected chi connectivity index (χ2v) is 22.4. The first-order valence-corrected chi connectivity index (χ1v) is 27.6. The first-order chi connectivity index (χ1) is 38.7. The Balaban J connectivity index is 0.646. The van der Waals surface area contributed by atoms with Crippen molar-refractivity contribution in [2.24, 2.45) is 0 Å². The van der Waals surface area contributed by atoms with E-state index in [4.69, 9.17) is 0 Å². The van der Waals surface area contributed by atoms with Gasteiger partial charge in [0.2, 0.25) is 0 Å². The van der Waals surface area contributed by atoms with Crippen molar-refractivity contribution in [1.29, 1.82) is 0 Å². The average Bonchev–Trinajstić information content (AvgIpc) is 4.32. The highest BCUT2D eigenvalue weighted by Crippen LogP contribution is 2.49. The SMILES string of the molecule is Cc1ccc(-n2c3ccccc3c3cc(-c4ccc5cc(/C=C/c6ccc7c(c6)C(C)(C)c6cc(/C=C/c8ccc9cc(-c%10ccc%11c(c%10)c%10ccccc%10n%11-c%10ccc(C)cc%10)ccc9c8)ccc6-7)ccc5c4)ccc32)cc1. The lowest BCUT2D eigenvalue weighted by Gasteiger charge is -2.22. The Labute approximate surface area is 461 Å². The van der Waals surface area contributed by atoms with Gasteiger partial charge in [-0.2, -0.15) is 0 Å². The molecule has 374 valence electrons. The first kappa shape index (κ1) is 46.5. The van der Waals surface area contributed by atoms with Crippen molar-refractivity contribution in [3.63, 3.8) is 0 Å². The van der Waals surface area contributed by atoms with Crippen molar-refractivity contribution >= 4 is 89.5 Å². The van der Waals surface area contributed by atoms with E-state index in [-0.39, 0.29) is 5.41 Å². The molecule has 1 aliphatic carbocycles. The Morgan fingerprint density at radius 3 is 1.08 bits per heavy atom. The van der Waals surface area contributed by atoms with E-state index < -0.39 is 0 Å². The lowest BCUT2D eigenvalue weighted by Crippen LogP contribution is -2.15. The van der Waals surface area contributed by atoms with Crippen LogP contribution in [-0.4, -0.2) is 9.13 Å². The summed E-state index contributed by atoms with van der Waals surface area (Å²) in [7, 11) is 0. The topological polar surface area (TPSA) is 9.86 Å². The highest BCUT2D eigenvalue weighted by molar-refractivity contribution is 6.12. The zero-order valence-corrected chi connectivity index (χ0v) is 44.8. The van der Waals surface area contributed by atoms with Gasteiger partial charge in [0.15, 0.2) is 0 Å². The van der Waals surface area contributed by atoms with Gasteiger partial charge in [-0.15, -0.1) is 0 Å². The van der Waals surface area contributed by atoms with E-state index in [1.165, 1.54) is 154 Å². The molecule has 14 aromatic rings. The van der Waals surface area contributed by atoms with Crippen LogP contribution in [0, 0.1) is 13.8 Å². The van der Waals surface area contributed by atoms with Crippen molar-refractivity contribution in [1.82, 2.24) is 9.13 Å². The summed E-state index contributed by atoms with van der Waals surface area (Å²) >= 11 is 0. The Morgan fingerprint density at radius 2 is 0.633 bits per heavy atom. The number of rotatable bonds is 8. The second kappa shape index (κ2) is 18.2. The van der Waals surface area contributed by atoms with E-state index in [0.29, 0.717) is 0 Å². The zero-order chi connectivity index (χ0) is 52.9. The molecule has 0 saturated carbocycles. The third-order valence-electron chi connectivity index (χ3n) is 17.0. The minimum absolute atomic E-state index is 0.134. The van der Waals surface area contributed by atoms with Gasteiger partial charge in [0, 0.05) is 38.3 Å². The summed E-state index contributed by atoms with van der Waals surface area (Å²) in [6.45, 7) is 9.03. The molecule has 1 aliphatic rings. The van der Waals surface area contributed by atoms with Crippen LogP contribution in [0.3, 0.4) is 0 Å². The highest BCUT2D eigenvalue weighted by Gasteiger charge is 2.35. The van der Waals surface area contributed by atoms with E-state index in [1.807, 2.05) is 0 Å². The summed E-state index contributed by atoms with van der Waals surface area (Å²) in [5.74, 6) is 0. The average molecular weight is 1010 g/mol. The molecule has 2 heterocycles. The summed E-state index contributed by atoms with van der Waals surface area (Å²) < 4.78 is 4.77. The Hall–Kier alpha value is -9.76. The van der Waals surface area contributed by atoms with Crippen molar-refractivity contribution in [3.8, 4) is 44.8 Å². The summed E-state index contributed by atoms with van der Waals surface area (Å²) in [6.07, 6.45) is 9.04. The molecule has 79 heavy (non-hydrogen) atoms. The number of aromatic nitrogens is 2. The van der Waals surface area contributed by atoms with Gasteiger partial charge in [-0.25, -0.2) is 0 Å². The fourth-order valence-corrected chi connectivity index (χ4v) is 12.7. The van der Waals surface area contributed by atoms with Crippen molar-refractivity contribution in [2.45, 2.75) is 33.1 Å². The molecule has 0 aliphatic heterocycles. The minimum Gasteiger partial charge on any atom is -0.309 e. The number of aryl methyl sites for hydroxylation is 2. The maximum atomic E-state index is 2.40. The molecule has 0 bridgehead atoms. The van der Waals surface area contributed by atoms with Crippen LogP contribution < -0.4 is 0 Å². The van der Waals surface area contributed by atoms with Crippen LogP contribution in [0.1, 0.15) is 58.4 Å². The molecule has 0 radical (unpaired) electrons. The Morgan fingerprint density at radius 1 is 0.291 bits per heavy atom. The van der Waals surface area contributed by atoms with Gasteiger partial charge in [0.1, 0.15) is 0 Å². The summed E-state index contributed by atoms with van der Waals surface area (Å²) in [5, 5.41) is 10.0. The molecule has 0 amide bonds. The van der Waals surface area contributed by atoms with E-state index in [0.717, 1.165) is 0 Å². The number of hydrogen-bond donors (Lipinski definition) is 0. The first-order valence-electron chi connectivity index (χ1n) is 27.6. The van der Waals surface area contributed by atoms with E-state index in [1.54, 1.807) is 0 Å². The number of nitrogens with zero attached hydrogens (tertiary/aromatic N) is 2. The molecule has 0 unspecified atom stereocenters. The maximum Gasteiger partial charge on any atom is 0.0541 e. The number of fused-ring (bicyclic) bond motifs is 11. The van der Waals surface area contributed by atoms with Gasteiger partial charge in [0.05, 0.1) is 22.1 Å². The summed E-state index contributed by atoms with van der Waals surface area (Å²) in [6, 6.07) is 90.3. The fourth-order valence-electron chi connectivity index (χ4n) is 12.7. The predicted octanol–water partition coefficient (Wildman–Crippen LogP) is 20.8. The number of hydrogen-bond acceptors (Lipinski definition) is 0. The molecule has 2 nitrogen and oxygen atoms in total. The lowest BCUT2D eigenvalue weighted by molar-refractivity contribution is 0.660. The molecular weight excluding hydrogens is 953 g/mol. The van der Waals surface area contributed by atoms with Crippen LogP contribution in [0.4, 0.5) is 0 Å². The third-order valence-corrected chi connectivity index (χ3v) is 17.0. The van der Waals surface area contributed by atoms with Gasteiger partial charge in [-0.05, 0) is 187 Å². The van der Waals surface area contributed by atoms with Crippen LogP contribution in [0.5, 0.6) is 0 Å². The molecule has 2 aromatic heterocycles. The van der Waals surface area contributed by atoms with E-state index in [2.05, 4.69) is 304 Å². The minimum atomic E-state index is -0.134. The van der Waals surface area contributed by atoms with Crippen LogP contribution in [0.15, 0.2) is 243 Å². The standard InChI is InChI=1S/C77H56N2/c1-49-13-33-63(34-14-49)78-73-11-7-5-9-67(73)69-47-61(31-39-75(69)78)59-29-27-55-41-51(21-25-57(55)45-59)17-19-53-23-37-65-66-38-24-54(44-72(66)77(3,4)71(65)43-53)20-18-52-22-26-58-46-60(30-28-56(58)42-52)62-32-40-76-70(48-62)68-10-6-8-12-74(68)79(76)64-35-15-50(2)16-36-64/h5-48H,1-4H3/b19-17+,20-18+. The monoisotopic (exact) mass is 1010 g/mol. The Kier molecular flexibility index (Phi) is 10.7. The van der Waals surface area contributed by atoms with E-state index in [9.17, 15) is 0 Å². The fraction of sp³-hybridized carbons (Fsp3) is 0.0649. The quantitative estimate of drug-likeness (QED) is 0.134.